The van der Waals surface area contributed by atoms with Crippen molar-refractivity contribution in [3.05, 3.63) is 46.2 Å². The van der Waals surface area contributed by atoms with Crippen molar-refractivity contribution in [1.82, 2.24) is 19.8 Å². The summed E-state index contributed by atoms with van der Waals surface area (Å²) in [4.78, 5) is 30.2. The fraction of sp³-hybridized carbons (Fsp3) is 0.312. The highest BCUT2D eigenvalue weighted by atomic mass is 79.9. The van der Waals surface area contributed by atoms with Gasteiger partial charge in [-0.05, 0) is 34.1 Å². The first-order valence-corrected chi connectivity index (χ1v) is 8.55. The number of hydrogen-bond donors (Lipinski definition) is 2. The molecule has 0 spiro atoms. The molecule has 0 radical (unpaired) electrons. The maximum atomic E-state index is 14.3. The minimum atomic E-state index is -0.664. The summed E-state index contributed by atoms with van der Waals surface area (Å²) in [5.74, 6) is -1.28. The molecule has 3 rings (SSSR count). The van der Waals surface area contributed by atoms with Gasteiger partial charge in [-0.25, -0.2) is 9.37 Å². The maximum absolute atomic E-state index is 14.3. The molecule has 1 fully saturated rings. The molecule has 1 aliphatic heterocycles. The third-order valence-corrected chi connectivity index (χ3v) is 4.73. The lowest BCUT2D eigenvalue weighted by atomic mass is 10.1. The van der Waals surface area contributed by atoms with Gasteiger partial charge in [-0.2, -0.15) is 0 Å². The molecular weight excluding hydrogens is 393 g/mol. The highest BCUT2D eigenvalue weighted by Gasteiger charge is 2.21. The standard InChI is InChI=1S/C16H17BrFN5O2/c1-22-13(17)9-20-14(22)15(24)21-10-2-3-11(12(18)8-10)16(25)23-6-4-19-5-7-23/h2-3,8-9,19H,4-7H2,1H3,(H,21,24). The molecule has 0 saturated carbocycles. The molecule has 0 bridgehead atoms. The number of imidazole rings is 1. The number of hydrogen-bond acceptors (Lipinski definition) is 4. The van der Waals surface area contributed by atoms with E-state index < -0.39 is 11.7 Å². The van der Waals surface area contributed by atoms with Crippen molar-refractivity contribution in [3.63, 3.8) is 0 Å². The van der Waals surface area contributed by atoms with Crippen molar-refractivity contribution >= 4 is 33.4 Å². The third-order valence-electron chi connectivity index (χ3n) is 4.00. The van der Waals surface area contributed by atoms with E-state index in [1.165, 1.54) is 18.3 Å². The minimum absolute atomic E-state index is 0.000338. The number of rotatable bonds is 3. The summed E-state index contributed by atoms with van der Waals surface area (Å²) in [6.45, 7) is 2.48. The molecule has 2 amide bonds. The van der Waals surface area contributed by atoms with Crippen LogP contribution in [0.1, 0.15) is 21.0 Å². The molecule has 1 saturated heterocycles. The molecule has 0 unspecified atom stereocenters. The van der Waals surface area contributed by atoms with Crippen LogP contribution in [0.25, 0.3) is 0 Å². The molecule has 2 N–H and O–H groups in total. The summed E-state index contributed by atoms with van der Waals surface area (Å²) >= 11 is 3.26. The summed E-state index contributed by atoms with van der Waals surface area (Å²) < 4.78 is 16.6. The van der Waals surface area contributed by atoms with Gasteiger partial charge in [0.15, 0.2) is 5.82 Å². The number of piperazine rings is 1. The molecule has 2 heterocycles. The number of carbonyl (C=O) groups excluding carboxylic acids is 2. The number of nitrogens with zero attached hydrogens (tertiary/aromatic N) is 3. The van der Waals surface area contributed by atoms with Gasteiger partial charge >= 0.3 is 0 Å². The van der Waals surface area contributed by atoms with E-state index in [1.54, 1.807) is 16.5 Å². The first kappa shape index (κ1) is 17.6. The first-order valence-electron chi connectivity index (χ1n) is 7.75. The number of benzene rings is 1. The molecular formula is C16H17BrFN5O2. The van der Waals surface area contributed by atoms with Crippen molar-refractivity contribution in [2.24, 2.45) is 7.05 Å². The number of nitrogens with one attached hydrogen (secondary N) is 2. The SMILES string of the molecule is Cn1c(Br)cnc1C(=O)Nc1ccc(C(=O)N2CCNCC2)c(F)c1. The second-order valence-electron chi connectivity index (χ2n) is 5.65. The van der Waals surface area contributed by atoms with Crippen molar-refractivity contribution in [1.29, 1.82) is 0 Å². The summed E-state index contributed by atoms with van der Waals surface area (Å²) in [6, 6.07) is 4.05. The van der Waals surface area contributed by atoms with Crippen LogP contribution >= 0.6 is 15.9 Å². The molecule has 25 heavy (non-hydrogen) atoms. The second kappa shape index (κ2) is 7.32. The lowest BCUT2D eigenvalue weighted by Crippen LogP contribution is -2.46. The molecule has 1 aromatic heterocycles. The Morgan fingerprint density at radius 1 is 1.32 bits per heavy atom. The Kier molecular flexibility index (Phi) is 5.14. The molecule has 0 atom stereocenters. The number of halogens is 2. The van der Waals surface area contributed by atoms with E-state index >= 15 is 0 Å². The van der Waals surface area contributed by atoms with Crippen molar-refractivity contribution in [3.8, 4) is 0 Å². The van der Waals surface area contributed by atoms with Gasteiger partial charge in [-0.15, -0.1) is 0 Å². The van der Waals surface area contributed by atoms with Gasteiger partial charge in [-0.3, -0.25) is 9.59 Å². The van der Waals surface area contributed by atoms with Gasteiger partial charge < -0.3 is 20.1 Å². The van der Waals surface area contributed by atoms with Crippen LogP contribution in [0, 0.1) is 5.82 Å². The fourth-order valence-corrected chi connectivity index (χ4v) is 2.86. The Morgan fingerprint density at radius 2 is 2.04 bits per heavy atom. The van der Waals surface area contributed by atoms with Crippen LogP contribution in [-0.2, 0) is 7.05 Å². The second-order valence-corrected chi connectivity index (χ2v) is 6.47. The number of anilines is 1. The average Bonchev–Trinajstić information content (AvgIpc) is 2.94. The Morgan fingerprint density at radius 3 is 2.64 bits per heavy atom. The Balaban J connectivity index is 1.74. The monoisotopic (exact) mass is 409 g/mol. The number of aromatic nitrogens is 2. The molecule has 2 aromatic rings. The number of amides is 2. The Labute approximate surface area is 152 Å². The van der Waals surface area contributed by atoms with Crippen LogP contribution in [-0.4, -0.2) is 52.4 Å². The van der Waals surface area contributed by atoms with E-state index in [-0.39, 0.29) is 23.0 Å². The van der Waals surface area contributed by atoms with Gasteiger partial charge in [0.2, 0.25) is 0 Å². The van der Waals surface area contributed by atoms with E-state index in [0.29, 0.717) is 30.8 Å². The highest BCUT2D eigenvalue weighted by Crippen LogP contribution is 2.18. The smallest absolute Gasteiger partial charge is 0.291 e. The van der Waals surface area contributed by atoms with Crippen LogP contribution in [0.15, 0.2) is 29.0 Å². The van der Waals surface area contributed by atoms with Crippen molar-refractivity contribution in [2.75, 3.05) is 31.5 Å². The molecule has 132 valence electrons. The first-order chi connectivity index (χ1) is 12.0. The lowest BCUT2D eigenvalue weighted by Gasteiger charge is -2.27. The predicted octanol–water partition coefficient (Wildman–Crippen LogP) is 1.62. The van der Waals surface area contributed by atoms with Gasteiger partial charge in [0.25, 0.3) is 11.8 Å². The normalized spacial score (nSPS) is 14.4. The molecule has 7 nitrogen and oxygen atoms in total. The molecule has 1 aromatic carbocycles. The van der Waals surface area contributed by atoms with E-state index in [1.807, 2.05) is 0 Å². The zero-order chi connectivity index (χ0) is 18.0. The largest absolute Gasteiger partial charge is 0.336 e. The summed E-state index contributed by atoms with van der Waals surface area (Å²) in [5, 5.41) is 5.72. The summed E-state index contributed by atoms with van der Waals surface area (Å²) in [6.07, 6.45) is 1.50. The van der Waals surface area contributed by atoms with E-state index in [0.717, 1.165) is 6.07 Å². The van der Waals surface area contributed by atoms with Gasteiger partial charge in [0, 0.05) is 38.9 Å². The molecule has 9 heteroatoms. The topological polar surface area (TPSA) is 79.3 Å². The van der Waals surface area contributed by atoms with Crippen LogP contribution in [0.5, 0.6) is 0 Å². The Bertz CT molecular complexity index is 817. The highest BCUT2D eigenvalue weighted by molar-refractivity contribution is 9.10. The van der Waals surface area contributed by atoms with E-state index in [9.17, 15) is 14.0 Å². The average molecular weight is 410 g/mol. The fourth-order valence-electron chi connectivity index (χ4n) is 2.59. The predicted molar refractivity (Wildman–Crippen MR) is 94.0 cm³/mol. The quantitative estimate of drug-likeness (QED) is 0.806. The molecule has 1 aliphatic rings. The van der Waals surface area contributed by atoms with Gasteiger partial charge in [0.05, 0.1) is 11.8 Å². The van der Waals surface area contributed by atoms with Gasteiger partial charge in [0.1, 0.15) is 10.4 Å². The van der Waals surface area contributed by atoms with Gasteiger partial charge in [-0.1, -0.05) is 0 Å². The summed E-state index contributed by atoms with van der Waals surface area (Å²) in [7, 11) is 1.68. The maximum Gasteiger partial charge on any atom is 0.291 e. The summed E-state index contributed by atoms with van der Waals surface area (Å²) in [5.41, 5.74) is 0.262. The zero-order valence-corrected chi connectivity index (χ0v) is 15.1. The van der Waals surface area contributed by atoms with Crippen LogP contribution in [0.2, 0.25) is 0 Å². The lowest BCUT2D eigenvalue weighted by molar-refractivity contribution is 0.0731. The van der Waals surface area contributed by atoms with E-state index in [2.05, 4.69) is 31.5 Å². The van der Waals surface area contributed by atoms with Crippen LogP contribution in [0.3, 0.4) is 0 Å². The van der Waals surface area contributed by atoms with E-state index in [4.69, 9.17) is 0 Å². The number of carbonyl (C=O) groups is 2. The van der Waals surface area contributed by atoms with Crippen molar-refractivity contribution in [2.45, 2.75) is 0 Å². The Hall–Kier alpha value is -2.26. The molecule has 0 aliphatic carbocycles. The third kappa shape index (κ3) is 3.72. The minimum Gasteiger partial charge on any atom is -0.336 e. The van der Waals surface area contributed by atoms with Crippen molar-refractivity contribution < 1.29 is 14.0 Å². The zero-order valence-electron chi connectivity index (χ0n) is 13.6. The van der Waals surface area contributed by atoms with Crippen LogP contribution in [0.4, 0.5) is 10.1 Å². The van der Waals surface area contributed by atoms with Crippen LogP contribution < -0.4 is 10.6 Å².